The zero-order valence-corrected chi connectivity index (χ0v) is 15.5. The summed E-state index contributed by atoms with van der Waals surface area (Å²) in [5.74, 6) is 1.56. The fourth-order valence-electron chi connectivity index (χ4n) is 3.99. The van der Waals surface area contributed by atoms with Gasteiger partial charge in [0.1, 0.15) is 5.75 Å². The van der Waals surface area contributed by atoms with Gasteiger partial charge in [0, 0.05) is 37.6 Å². The molecule has 4 nitrogen and oxygen atoms in total. The minimum atomic E-state index is 0.381. The Bertz CT molecular complexity index is 730. The number of nitrogens with one attached hydrogen (secondary N) is 1. The Kier molecular flexibility index (Phi) is 5.25. The molecule has 0 bridgehead atoms. The van der Waals surface area contributed by atoms with E-state index < -0.39 is 0 Å². The fourth-order valence-corrected chi connectivity index (χ4v) is 3.99. The van der Waals surface area contributed by atoms with Crippen LogP contribution in [0.2, 0.25) is 0 Å². The van der Waals surface area contributed by atoms with E-state index in [0.717, 1.165) is 38.3 Å². The standard InChI is InChI=1S/C22H29N3O/c1-26-20-4-2-3-18(13-20)16-5-7-17(8-6-16)21-14-22(21)24-10-12-25-11-9-19(23)15-25/h2-8,13,19,21-22,24H,9-12,14-15,23H2,1H3/t19-,21?,22+/m1/s1. The van der Waals surface area contributed by atoms with Crippen LogP contribution in [0.4, 0.5) is 0 Å². The molecule has 1 saturated heterocycles. The van der Waals surface area contributed by atoms with Gasteiger partial charge in [-0.1, -0.05) is 36.4 Å². The molecule has 3 atom stereocenters. The zero-order valence-electron chi connectivity index (χ0n) is 15.5. The molecule has 0 amide bonds. The molecule has 26 heavy (non-hydrogen) atoms. The summed E-state index contributed by atoms with van der Waals surface area (Å²) in [6, 6.07) is 18.3. The number of nitrogens with two attached hydrogens (primary N) is 1. The predicted molar refractivity (Wildman–Crippen MR) is 107 cm³/mol. The van der Waals surface area contributed by atoms with Gasteiger partial charge in [-0.2, -0.15) is 0 Å². The van der Waals surface area contributed by atoms with Crippen molar-refractivity contribution in [3.05, 3.63) is 54.1 Å². The molecule has 0 aromatic heterocycles. The minimum absolute atomic E-state index is 0.381. The monoisotopic (exact) mass is 351 g/mol. The lowest BCUT2D eigenvalue weighted by molar-refractivity contribution is 0.331. The maximum Gasteiger partial charge on any atom is 0.119 e. The third kappa shape index (κ3) is 4.09. The van der Waals surface area contributed by atoms with Crippen LogP contribution in [-0.4, -0.2) is 50.3 Å². The summed E-state index contributed by atoms with van der Waals surface area (Å²) in [5.41, 5.74) is 9.85. The molecular weight excluding hydrogens is 322 g/mol. The minimum Gasteiger partial charge on any atom is -0.497 e. The largest absolute Gasteiger partial charge is 0.497 e. The Morgan fingerprint density at radius 1 is 1.15 bits per heavy atom. The summed E-state index contributed by atoms with van der Waals surface area (Å²) in [6.45, 7) is 4.39. The first-order valence-electron chi connectivity index (χ1n) is 9.68. The van der Waals surface area contributed by atoms with E-state index in [1.54, 1.807) is 7.11 Å². The van der Waals surface area contributed by atoms with E-state index in [9.17, 15) is 0 Å². The number of hydrogen-bond acceptors (Lipinski definition) is 4. The number of nitrogens with zero attached hydrogens (tertiary/aromatic N) is 1. The van der Waals surface area contributed by atoms with Crippen molar-refractivity contribution in [1.82, 2.24) is 10.2 Å². The van der Waals surface area contributed by atoms with E-state index in [1.165, 1.54) is 23.1 Å². The first-order valence-corrected chi connectivity index (χ1v) is 9.68. The van der Waals surface area contributed by atoms with Crippen molar-refractivity contribution in [2.75, 3.05) is 33.3 Å². The second-order valence-corrected chi connectivity index (χ2v) is 7.61. The molecule has 2 aromatic carbocycles. The van der Waals surface area contributed by atoms with Gasteiger partial charge in [0.05, 0.1) is 7.11 Å². The van der Waals surface area contributed by atoms with Crippen LogP contribution in [0.3, 0.4) is 0 Å². The van der Waals surface area contributed by atoms with Crippen LogP contribution in [0.15, 0.2) is 48.5 Å². The first kappa shape index (κ1) is 17.5. The first-order chi connectivity index (χ1) is 12.7. The lowest BCUT2D eigenvalue weighted by Crippen LogP contribution is -2.33. The van der Waals surface area contributed by atoms with Gasteiger partial charge in [0.25, 0.3) is 0 Å². The third-order valence-corrected chi connectivity index (χ3v) is 5.68. The molecule has 1 heterocycles. The summed E-state index contributed by atoms with van der Waals surface area (Å²) in [5, 5.41) is 3.71. The average Bonchev–Trinajstić information content (AvgIpc) is 3.34. The van der Waals surface area contributed by atoms with E-state index in [-0.39, 0.29) is 0 Å². The number of likely N-dealkylation sites (tertiary alicyclic amines) is 1. The van der Waals surface area contributed by atoms with Gasteiger partial charge < -0.3 is 20.7 Å². The summed E-state index contributed by atoms with van der Waals surface area (Å²) in [7, 11) is 1.71. The number of methoxy groups -OCH3 is 1. The Labute approximate surface area is 156 Å². The Balaban J connectivity index is 1.28. The molecule has 0 spiro atoms. The van der Waals surface area contributed by atoms with E-state index in [1.807, 2.05) is 12.1 Å². The molecule has 0 radical (unpaired) electrons. The highest BCUT2D eigenvalue weighted by Gasteiger charge is 2.37. The number of rotatable bonds is 7. The average molecular weight is 351 g/mol. The molecule has 4 rings (SSSR count). The highest BCUT2D eigenvalue weighted by Crippen LogP contribution is 2.41. The van der Waals surface area contributed by atoms with Crippen LogP contribution < -0.4 is 15.8 Å². The van der Waals surface area contributed by atoms with Crippen LogP contribution in [0, 0.1) is 0 Å². The predicted octanol–water partition coefficient (Wildman–Crippen LogP) is 2.84. The van der Waals surface area contributed by atoms with Crippen molar-refractivity contribution in [2.45, 2.75) is 30.8 Å². The molecule has 1 aliphatic carbocycles. The molecule has 3 N–H and O–H groups in total. The molecule has 1 aliphatic heterocycles. The molecule has 138 valence electrons. The summed E-state index contributed by atoms with van der Waals surface area (Å²) >= 11 is 0. The van der Waals surface area contributed by atoms with Gasteiger partial charge in [-0.25, -0.2) is 0 Å². The van der Waals surface area contributed by atoms with Crippen LogP contribution >= 0.6 is 0 Å². The number of ether oxygens (including phenoxy) is 1. The molecular formula is C22H29N3O. The van der Waals surface area contributed by atoms with Gasteiger partial charge in [-0.15, -0.1) is 0 Å². The van der Waals surface area contributed by atoms with E-state index >= 15 is 0 Å². The third-order valence-electron chi connectivity index (χ3n) is 5.68. The maximum absolute atomic E-state index is 5.97. The Morgan fingerprint density at radius 3 is 2.73 bits per heavy atom. The second kappa shape index (κ2) is 7.78. The molecule has 1 unspecified atom stereocenters. The van der Waals surface area contributed by atoms with Crippen molar-refractivity contribution in [2.24, 2.45) is 5.73 Å². The van der Waals surface area contributed by atoms with Gasteiger partial charge in [-0.3, -0.25) is 0 Å². The highest BCUT2D eigenvalue weighted by atomic mass is 16.5. The molecule has 2 fully saturated rings. The van der Waals surface area contributed by atoms with Crippen molar-refractivity contribution in [3.63, 3.8) is 0 Å². The molecule has 1 saturated carbocycles. The van der Waals surface area contributed by atoms with Crippen molar-refractivity contribution in [1.29, 1.82) is 0 Å². The topological polar surface area (TPSA) is 50.5 Å². The lowest BCUT2D eigenvalue weighted by Gasteiger charge is -2.15. The SMILES string of the molecule is COc1cccc(-c2ccc(C3C[C@@H]3NCCN3CC[C@@H](N)C3)cc2)c1. The normalized spacial score (nSPS) is 25.4. The Morgan fingerprint density at radius 2 is 2.00 bits per heavy atom. The van der Waals surface area contributed by atoms with Gasteiger partial charge in [0.2, 0.25) is 0 Å². The summed E-state index contributed by atoms with van der Waals surface area (Å²) in [4.78, 5) is 2.47. The number of benzene rings is 2. The quantitative estimate of drug-likeness (QED) is 0.805. The van der Waals surface area contributed by atoms with Crippen molar-refractivity contribution < 1.29 is 4.74 Å². The van der Waals surface area contributed by atoms with Gasteiger partial charge >= 0.3 is 0 Å². The van der Waals surface area contributed by atoms with Gasteiger partial charge in [0.15, 0.2) is 0 Å². The molecule has 2 aromatic rings. The maximum atomic E-state index is 5.97. The smallest absolute Gasteiger partial charge is 0.119 e. The van der Waals surface area contributed by atoms with Crippen LogP contribution in [0.5, 0.6) is 5.75 Å². The van der Waals surface area contributed by atoms with Gasteiger partial charge in [-0.05, 0) is 48.2 Å². The van der Waals surface area contributed by atoms with Crippen LogP contribution in [0.25, 0.3) is 11.1 Å². The lowest BCUT2D eigenvalue weighted by atomic mass is 10.0. The second-order valence-electron chi connectivity index (χ2n) is 7.61. The zero-order chi connectivity index (χ0) is 17.9. The van der Waals surface area contributed by atoms with Crippen molar-refractivity contribution in [3.8, 4) is 16.9 Å². The van der Waals surface area contributed by atoms with Crippen molar-refractivity contribution >= 4 is 0 Å². The van der Waals surface area contributed by atoms with Crippen LogP contribution in [-0.2, 0) is 0 Å². The number of hydrogen-bond donors (Lipinski definition) is 2. The molecule has 4 heteroatoms. The summed E-state index contributed by atoms with van der Waals surface area (Å²) in [6.07, 6.45) is 2.39. The summed E-state index contributed by atoms with van der Waals surface area (Å²) < 4.78 is 5.32. The Hall–Kier alpha value is -1.88. The van der Waals surface area contributed by atoms with Crippen LogP contribution in [0.1, 0.15) is 24.3 Å². The molecule has 2 aliphatic rings. The fraction of sp³-hybridized carbons (Fsp3) is 0.455. The highest BCUT2D eigenvalue weighted by molar-refractivity contribution is 5.65. The van der Waals surface area contributed by atoms with E-state index in [2.05, 4.69) is 46.6 Å². The van der Waals surface area contributed by atoms with E-state index in [0.29, 0.717) is 18.0 Å². The van der Waals surface area contributed by atoms with E-state index in [4.69, 9.17) is 10.5 Å².